The molecule has 0 saturated carbocycles. The molecule has 1 unspecified atom stereocenters. The van der Waals surface area contributed by atoms with Crippen molar-refractivity contribution >= 4 is 23.2 Å². The average Bonchev–Trinajstić information content (AvgIpc) is 2.56. The summed E-state index contributed by atoms with van der Waals surface area (Å²) < 4.78 is 5.68. The quantitative estimate of drug-likeness (QED) is 0.808. The van der Waals surface area contributed by atoms with Crippen molar-refractivity contribution in [3.63, 3.8) is 0 Å². The van der Waals surface area contributed by atoms with Crippen molar-refractivity contribution in [3.8, 4) is 5.75 Å². The van der Waals surface area contributed by atoms with E-state index in [9.17, 15) is 4.79 Å². The van der Waals surface area contributed by atoms with E-state index in [4.69, 9.17) is 16.3 Å². The van der Waals surface area contributed by atoms with Gasteiger partial charge in [-0.2, -0.15) is 0 Å². The zero-order chi connectivity index (χ0) is 17.5. The van der Waals surface area contributed by atoms with Crippen LogP contribution in [0.1, 0.15) is 12.5 Å². The van der Waals surface area contributed by atoms with Crippen LogP contribution >= 0.6 is 11.6 Å². The predicted octanol–water partition coefficient (Wildman–Crippen LogP) is 2.57. The van der Waals surface area contributed by atoms with Crippen LogP contribution in [-0.4, -0.2) is 32.1 Å². The SMILES string of the molecule is Cc1cccc(NC(=O)[C@@H](C)[NH+](C)CCOc2ccc(Cl)cc2)c1. The monoisotopic (exact) mass is 347 g/mol. The number of carbonyl (C=O) groups is 1. The predicted molar refractivity (Wildman–Crippen MR) is 98.0 cm³/mol. The third-order valence-electron chi connectivity index (χ3n) is 4.00. The van der Waals surface area contributed by atoms with Crippen molar-refractivity contribution in [2.45, 2.75) is 19.9 Å². The fourth-order valence-electron chi connectivity index (χ4n) is 2.27. The Morgan fingerprint density at radius 2 is 1.96 bits per heavy atom. The number of anilines is 1. The minimum Gasteiger partial charge on any atom is -0.488 e. The van der Waals surface area contributed by atoms with E-state index in [2.05, 4.69) is 5.32 Å². The lowest BCUT2D eigenvalue weighted by Gasteiger charge is -2.21. The van der Waals surface area contributed by atoms with E-state index in [1.165, 1.54) is 0 Å². The molecule has 0 bridgehead atoms. The van der Waals surface area contributed by atoms with Gasteiger partial charge >= 0.3 is 0 Å². The molecule has 0 radical (unpaired) electrons. The molecule has 128 valence electrons. The summed E-state index contributed by atoms with van der Waals surface area (Å²) in [6.07, 6.45) is 0. The van der Waals surface area contributed by atoms with Crippen molar-refractivity contribution in [1.29, 1.82) is 0 Å². The van der Waals surface area contributed by atoms with E-state index in [1.807, 2.05) is 57.3 Å². The molecule has 0 fully saturated rings. The molecule has 0 aromatic heterocycles. The summed E-state index contributed by atoms with van der Waals surface area (Å²) in [5.74, 6) is 0.786. The molecule has 0 aliphatic rings. The maximum absolute atomic E-state index is 12.3. The number of likely N-dealkylation sites (N-methyl/N-ethyl adjacent to an activating group) is 1. The van der Waals surface area contributed by atoms with Gasteiger partial charge in [-0.05, 0) is 55.8 Å². The fourth-order valence-corrected chi connectivity index (χ4v) is 2.40. The Kier molecular flexibility index (Phi) is 6.64. The molecule has 0 saturated heterocycles. The lowest BCUT2D eigenvalue weighted by Crippen LogP contribution is -3.14. The molecule has 2 N–H and O–H groups in total. The number of halogens is 1. The third-order valence-corrected chi connectivity index (χ3v) is 4.25. The maximum Gasteiger partial charge on any atom is 0.282 e. The van der Waals surface area contributed by atoms with E-state index in [0.717, 1.165) is 28.4 Å². The largest absolute Gasteiger partial charge is 0.488 e. The highest BCUT2D eigenvalue weighted by molar-refractivity contribution is 6.30. The Balaban J connectivity index is 1.79. The number of nitrogens with one attached hydrogen (secondary N) is 2. The Morgan fingerprint density at radius 3 is 2.62 bits per heavy atom. The summed E-state index contributed by atoms with van der Waals surface area (Å²) >= 11 is 5.84. The van der Waals surface area contributed by atoms with Gasteiger partial charge in [-0.3, -0.25) is 4.79 Å². The number of rotatable bonds is 7. The molecule has 1 amide bonds. The molecule has 0 aliphatic carbocycles. The van der Waals surface area contributed by atoms with Gasteiger partial charge in [0.05, 0.1) is 7.05 Å². The number of hydrogen-bond acceptors (Lipinski definition) is 2. The molecule has 2 aromatic rings. The van der Waals surface area contributed by atoms with E-state index in [0.29, 0.717) is 11.6 Å². The zero-order valence-corrected chi connectivity index (χ0v) is 15.1. The van der Waals surface area contributed by atoms with Crippen LogP contribution in [0.15, 0.2) is 48.5 Å². The normalized spacial score (nSPS) is 13.2. The van der Waals surface area contributed by atoms with Gasteiger partial charge in [-0.15, -0.1) is 0 Å². The average molecular weight is 348 g/mol. The second-order valence-electron chi connectivity index (χ2n) is 5.98. The van der Waals surface area contributed by atoms with Gasteiger partial charge in [0.15, 0.2) is 6.04 Å². The van der Waals surface area contributed by atoms with Gasteiger partial charge in [-0.1, -0.05) is 23.7 Å². The number of amides is 1. The zero-order valence-electron chi connectivity index (χ0n) is 14.3. The van der Waals surface area contributed by atoms with Crippen molar-refractivity contribution < 1.29 is 14.4 Å². The molecule has 2 atom stereocenters. The van der Waals surface area contributed by atoms with Gasteiger partial charge in [0.2, 0.25) is 0 Å². The summed E-state index contributed by atoms with van der Waals surface area (Å²) in [5, 5.41) is 3.65. The number of aryl methyl sites for hydroxylation is 1. The van der Waals surface area contributed by atoms with Gasteiger partial charge in [0.25, 0.3) is 5.91 Å². The lowest BCUT2D eigenvalue weighted by molar-refractivity contribution is -0.894. The van der Waals surface area contributed by atoms with Crippen LogP contribution in [0.3, 0.4) is 0 Å². The van der Waals surface area contributed by atoms with E-state index in [-0.39, 0.29) is 11.9 Å². The standard InChI is InChI=1S/C19H23ClN2O2/c1-14-5-4-6-17(13-14)21-19(23)15(2)22(3)11-12-24-18-9-7-16(20)8-10-18/h4-10,13,15H,11-12H2,1-3H3,(H,21,23)/p+1/t15-/m1/s1. The number of benzene rings is 2. The van der Waals surface area contributed by atoms with Gasteiger partial charge in [0, 0.05) is 10.7 Å². The fraction of sp³-hybridized carbons (Fsp3) is 0.316. The first-order valence-corrected chi connectivity index (χ1v) is 8.41. The van der Waals surface area contributed by atoms with Crippen LogP contribution in [0.4, 0.5) is 5.69 Å². The minimum absolute atomic E-state index is 0.00425. The van der Waals surface area contributed by atoms with Gasteiger partial charge in [0.1, 0.15) is 18.9 Å². The first-order chi connectivity index (χ1) is 11.5. The highest BCUT2D eigenvalue weighted by atomic mass is 35.5. The van der Waals surface area contributed by atoms with Crippen molar-refractivity contribution in [1.82, 2.24) is 0 Å². The lowest BCUT2D eigenvalue weighted by atomic mass is 10.2. The molecule has 2 aromatic carbocycles. The molecular weight excluding hydrogens is 324 g/mol. The molecule has 0 heterocycles. The Labute approximate surface area is 148 Å². The molecule has 5 heteroatoms. The van der Waals surface area contributed by atoms with E-state index >= 15 is 0 Å². The number of ether oxygens (including phenoxy) is 1. The van der Waals surface area contributed by atoms with Crippen LogP contribution in [0, 0.1) is 6.92 Å². The number of quaternary nitrogens is 1. The van der Waals surface area contributed by atoms with Crippen molar-refractivity contribution in [3.05, 3.63) is 59.1 Å². The summed E-state index contributed by atoms with van der Waals surface area (Å²) in [5.41, 5.74) is 1.95. The maximum atomic E-state index is 12.3. The number of hydrogen-bond donors (Lipinski definition) is 2. The molecule has 0 aliphatic heterocycles. The summed E-state index contributed by atoms with van der Waals surface area (Å²) in [6.45, 7) is 5.19. The first kappa shape index (κ1) is 18.3. The first-order valence-electron chi connectivity index (χ1n) is 8.04. The van der Waals surface area contributed by atoms with Gasteiger partial charge < -0.3 is 15.0 Å². The van der Waals surface area contributed by atoms with Crippen LogP contribution in [0.5, 0.6) is 5.75 Å². The molecule has 2 rings (SSSR count). The smallest absolute Gasteiger partial charge is 0.282 e. The van der Waals surface area contributed by atoms with Crippen LogP contribution in [-0.2, 0) is 4.79 Å². The van der Waals surface area contributed by atoms with E-state index < -0.39 is 0 Å². The highest BCUT2D eigenvalue weighted by Gasteiger charge is 2.21. The minimum atomic E-state index is -0.167. The second kappa shape index (κ2) is 8.71. The van der Waals surface area contributed by atoms with Crippen LogP contribution in [0.25, 0.3) is 0 Å². The second-order valence-corrected chi connectivity index (χ2v) is 6.42. The topological polar surface area (TPSA) is 42.8 Å². The summed E-state index contributed by atoms with van der Waals surface area (Å²) in [7, 11) is 1.99. The molecular formula is C19H24ClN2O2+. The van der Waals surface area contributed by atoms with Crippen LogP contribution < -0.4 is 15.0 Å². The Bertz CT molecular complexity index is 673. The van der Waals surface area contributed by atoms with Crippen LogP contribution in [0.2, 0.25) is 5.02 Å². The van der Waals surface area contributed by atoms with E-state index in [1.54, 1.807) is 12.1 Å². The van der Waals surface area contributed by atoms with Gasteiger partial charge in [-0.25, -0.2) is 0 Å². The Morgan fingerprint density at radius 1 is 1.25 bits per heavy atom. The molecule has 4 nitrogen and oxygen atoms in total. The third kappa shape index (κ3) is 5.55. The Hall–Kier alpha value is -2.04. The summed E-state index contributed by atoms with van der Waals surface area (Å²) in [6, 6.07) is 14.9. The van der Waals surface area contributed by atoms with Crippen molar-refractivity contribution in [2.24, 2.45) is 0 Å². The number of carbonyl (C=O) groups excluding carboxylic acids is 1. The highest BCUT2D eigenvalue weighted by Crippen LogP contribution is 2.15. The van der Waals surface area contributed by atoms with Crippen molar-refractivity contribution in [2.75, 3.05) is 25.5 Å². The molecule has 0 spiro atoms. The summed E-state index contributed by atoms with van der Waals surface area (Å²) in [4.78, 5) is 13.4. The molecule has 24 heavy (non-hydrogen) atoms.